The lowest BCUT2D eigenvalue weighted by molar-refractivity contribution is -0.385. The zero-order chi connectivity index (χ0) is 22.9. The predicted molar refractivity (Wildman–Crippen MR) is 122 cm³/mol. The SMILES string of the molecule is C=CCc1cccc(/C=N/NC(=O)CN2CCN(C(=O)c3ccccc3)CC2)c1[N+](=O)[O-]. The van der Waals surface area contributed by atoms with Crippen molar-refractivity contribution in [2.24, 2.45) is 5.10 Å². The van der Waals surface area contributed by atoms with Crippen LogP contribution < -0.4 is 5.43 Å². The molecule has 0 radical (unpaired) electrons. The van der Waals surface area contributed by atoms with Gasteiger partial charge >= 0.3 is 0 Å². The molecule has 0 unspecified atom stereocenters. The summed E-state index contributed by atoms with van der Waals surface area (Å²) in [4.78, 5) is 39.4. The molecule has 1 saturated heterocycles. The molecule has 1 aliphatic rings. The van der Waals surface area contributed by atoms with Gasteiger partial charge in [-0.2, -0.15) is 5.10 Å². The van der Waals surface area contributed by atoms with Gasteiger partial charge in [0, 0.05) is 37.3 Å². The zero-order valence-electron chi connectivity index (χ0n) is 17.6. The molecule has 0 aromatic heterocycles. The summed E-state index contributed by atoms with van der Waals surface area (Å²) in [5.74, 6) is -0.339. The largest absolute Gasteiger partial charge is 0.336 e. The minimum Gasteiger partial charge on any atom is -0.336 e. The highest BCUT2D eigenvalue weighted by molar-refractivity contribution is 5.94. The molecule has 0 atom stereocenters. The van der Waals surface area contributed by atoms with E-state index in [1.165, 1.54) is 6.21 Å². The number of hydrogen-bond acceptors (Lipinski definition) is 6. The van der Waals surface area contributed by atoms with Gasteiger partial charge in [-0.1, -0.05) is 36.4 Å². The number of benzene rings is 2. The van der Waals surface area contributed by atoms with E-state index in [9.17, 15) is 19.7 Å². The molecule has 2 amide bonds. The fourth-order valence-electron chi connectivity index (χ4n) is 3.54. The van der Waals surface area contributed by atoms with Crippen LogP contribution >= 0.6 is 0 Å². The van der Waals surface area contributed by atoms with E-state index in [4.69, 9.17) is 0 Å². The van der Waals surface area contributed by atoms with Gasteiger partial charge in [0.05, 0.1) is 23.2 Å². The molecule has 0 saturated carbocycles. The molecule has 0 spiro atoms. The van der Waals surface area contributed by atoms with Crippen LogP contribution in [0.3, 0.4) is 0 Å². The summed E-state index contributed by atoms with van der Waals surface area (Å²) in [6, 6.07) is 14.0. The molecule has 166 valence electrons. The van der Waals surface area contributed by atoms with Crippen LogP contribution in [0.5, 0.6) is 0 Å². The van der Waals surface area contributed by atoms with E-state index in [-0.39, 0.29) is 24.0 Å². The molecular formula is C23H25N5O4. The predicted octanol–water partition coefficient (Wildman–Crippen LogP) is 2.23. The quantitative estimate of drug-likeness (QED) is 0.296. The van der Waals surface area contributed by atoms with E-state index in [2.05, 4.69) is 17.1 Å². The minimum atomic E-state index is -0.460. The Balaban J connectivity index is 1.50. The summed E-state index contributed by atoms with van der Waals surface area (Å²) in [7, 11) is 0. The number of allylic oxidation sites excluding steroid dienone is 1. The van der Waals surface area contributed by atoms with Crippen molar-refractivity contribution in [2.75, 3.05) is 32.7 Å². The summed E-state index contributed by atoms with van der Waals surface area (Å²) in [5, 5.41) is 15.3. The molecule has 0 bridgehead atoms. The molecule has 1 fully saturated rings. The van der Waals surface area contributed by atoms with Gasteiger partial charge in [-0.05, 0) is 24.6 Å². The van der Waals surface area contributed by atoms with Gasteiger partial charge in [0.15, 0.2) is 0 Å². The maximum absolute atomic E-state index is 12.5. The molecule has 2 aromatic rings. The second kappa shape index (κ2) is 11.0. The number of nitro groups is 1. The summed E-state index contributed by atoms with van der Waals surface area (Å²) in [6.07, 6.45) is 3.24. The van der Waals surface area contributed by atoms with Crippen LogP contribution in [-0.4, -0.2) is 65.5 Å². The Hall–Kier alpha value is -3.85. The van der Waals surface area contributed by atoms with Crippen LogP contribution in [0.2, 0.25) is 0 Å². The lowest BCUT2D eigenvalue weighted by Gasteiger charge is -2.34. The Kier molecular flexibility index (Phi) is 7.82. The normalized spacial score (nSPS) is 14.3. The number of para-hydroxylation sites is 1. The lowest BCUT2D eigenvalue weighted by atomic mass is 10.1. The van der Waals surface area contributed by atoms with Crippen molar-refractivity contribution < 1.29 is 14.5 Å². The van der Waals surface area contributed by atoms with Crippen molar-refractivity contribution >= 4 is 23.7 Å². The third-order valence-corrected chi connectivity index (χ3v) is 5.14. The second-order valence-corrected chi connectivity index (χ2v) is 7.33. The van der Waals surface area contributed by atoms with Crippen molar-refractivity contribution in [3.63, 3.8) is 0 Å². The molecule has 2 aromatic carbocycles. The van der Waals surface area contributed by atoms with Crippen LogP contribution in [0, 0.1) is 10.1 Å². The first-order valence-corrected chi connectivity index (χ1v) is 10.3. The second-order valence-electron chi connectivity index (χ2n) is 7.33. The summed E-state index contributed by atoms with van der Waals surface area (Å²) >= 11 is 0. The molecule has 32 heavy (non-hydrogen) atoms. The van der Waals surface area contributed by atoms with Gasteiger partial charge in [0.2, 0.25) is 0 Å². The number of rotatable bonds is 8. The third kappa shape index (κ3) is 5.86. The fraction of sp³-hybridized carbons (Fsp3) is 0.261. The Bertz CT molecular complexity index is 1010. The Morgan fingerprint density at radius 1 is 1.09 bits per heavy atom. The van der Waals surface area contributed by atoms with Crippen molar-refractivity contribution in [2.45, 2.75) is 6.42 Å². The number of nitrogens with zero attached hydrogens (tertiary/aromatic N) is 4. The van der Waals surface area contributed by atoms with Crippen LogP contribution in [0.15, 0.2) is 66.3 Å². The molecule has 0 aliphatic carbocycles. The number of carbonyl (C=O) groups is 2. The number of nitro benzene ring substituents is 1. The van der Waals surface area contributed by atoms with Gasteiger partial charge in [0.1, 0.15) is 0 Å². The number of hydrazone groups is 1. The van der Waals surface area contributed by atoms with Crippen molar-refractivity contribution in [1.82, 2.24) is 15.2 Å². The molecular weight excluding hydrogens is 410 g/mol. The molecule has 9 heteroatoms. The van der Waals surface area contributed by atoms with E-state index in [1.54, 1.807) is 41.3 Å². The van der Waals surface area contributed by atoms with Gasteiger partial charge in [0.25, 0.3) is 17.5 Å². The maximum Gasteiger partial charge on any atom is 0.281 e. The van der Waals surface area contributed by atoms with E-state index < -0.39 is 4.92 Å². The Labute approximate surface area is 186 Å². The van der Waals surface area contributed by atoms with E-state index in [0.29, 0.717) is 49.3 Å². The highest BCUT2D eigenvalue weighted by Crippen LogP contribution is 2.23. The number of carbonyl (C=O) groups excluding carboxylic acids is 2. The van der Waals surface area contributed by atoms with Crippen LogP contribution in [-0.2, 0) is 11.2 Å². The monoisotopic (exact) mass is 435 g/mol. The number of piperazine rings is 1. The van der Waals surface area contributed by atoms with Gasteiger partial charge < -0.3 is 4.90 Å². The molecule has 9 nitrogen and oxygen atoms in total. The van der Waals surface area contributed by atoms with Crippen molar-refractivity contribution in [3.8, 4) is 0 Å². The highest BCUT2D eigenvalue weighted by Gasteiger charge is 2.23. The lowest BCUT2D eigenvalue weighted by Crippen LogP contribution is -2.50. The first kappa shape index (κ1) is 22.8. The minimum absolute atomic E-state index is 0.0143. The van der Waals surface area contributed by atoms with Gasteiger partial charge in [-0.15, -0.1) is 6.58 Å². The third-order valence-electron chi connectivity index (χ3n) is 5.14. The topological polar surface area (TPSA) is 108 Å². The van der Waals surface area contributed by atoms with Crippen molar-refractivity contribution in [3.05, 3.63) is 88.0 Å². The fourth-order valence-corrected chi connectivity index (χ4v) is 3.54. The highest BCUT2D eigenvalue weighted by atomic mass is 16.6. The van der Waals surface area contributed by atoms with E-state index >= 15 is 0 Å². The Morgan fingerprint density at radius 2 is 1.81 bits per heavy atom. The average Bonchev–Trinajstić information content (AvgIpc) is 2.80. The molecule has 1 N–H and O–H groups in total. The Morgan fingerprint density at radius 3 is 2.47 bits per heavy atom. The average molecular weight is 435 g/mol. The van der Waals surface area contributed by atoms with Gasteiger partial charge in [-0.3, -0.25) is 24.6 Å². The first-order chi connectivity index (χ1) is 15.5. The van der Waals surface area contributed by atoms with Gasteiger partial charge in [-0.25, -0.2) is 5.43 Å². The van der Waals surface area contributed by atoms with E-state index in [0.717, 1.165) is 0 Å². The number of hydrogen-bond donors (Lipinski definition) is 1. The molecule has 3 rings (SSSR count). The standard InChI is InChI=1S/C23H25N5O4/c1-2-7-18-10-6-11-20(22(18)28(31)32)16-24-25-21(29)17-26-12-14-27(15-13-26)23(30)19-8-4-3-5-9-19/h2-6,8-11,16H,1,7,12-15,17H2,(H,25,29)/b24-16+. The summed E-state index contributed by atoms with van der Waals surface area (Å²) in [5.41, 5.74) is 3.86. The van der Waals surface area contributed by atoms with Crippen LogP contribution in [0.25, 0.3) is 0 Å². The molecule has 1 aliphatic heterocycles. The number of amides is 2. The first-order valence-electron chi connectivity index (χ1n) is 10.3. The summed E-state index contributed by atoms with van der Waals surface area (Å²) in [6.45, 7) is 5.96. The van der Waals surface area contributed by atoms with Crippen LogP contribution in [0.1, 0.15) is 21.5 Å². The van der Waals surface area contributed by atoms with E-state index in [1.807, 2.05) is 23.1 Å². The smallest absolute Gasteiger partial charge is 0.281 e. The summed E-state index contributed by atoms with van der Waals surface area (Å²) < 4.78 is 0. The maximum atomic E-state index is 12.5. The van der Waals surface area contributed by atoms with Crippen LogP contribution in [0.4, 0.5) is 5.69 Å². The molecule has 1 heterocycles. The zero-order valence-corrected chi connectivity index (χ0v) is 17.6. The van der Waals surface area contributed by atoms with Crippen molar-refractivity contribution in [1.29, 1.82) is 0 Å². The number of nitrogens with one attached hydrogen (secondary N) is 1.